The Morgan fingerprint density at radius 2 is 1.73 bits per heavy atom. The van der Waals surface area contributed by atoms with Crippen molar-refractivity contribution in [1.82, 2.24) is 19.7 Å². The van der Waals surface area contributed by atoms with Gasteiger partial charge in [0.1, 0.15) is 0 Å². The van der Waals surface area contributed by atoms with Gasteiger partial charge in [0, 0.05) is 69.7 Å². The number of piperidine rings is 1. The number of amides is 2. The van der Waals surface area contributed by atoms with E-state index < -0.39 is 0 Å². The lowest BCUT2D eigenvalue weighted by molar-refractivity contribution is -0.134. The lowest BCUT2D eigenvalue weighted by Gasteiger charge is -2.35. The summed E-state index contributed by atoms with van der Waals surface area (Å²) in [6.07, 6.45) is 9.65. The maximum atomic E-state index is 13.9. The van der Waals surface area contributed by atoms with Crippen LogP contribution in [0, 0.1) is 5.92 Å². The molecule has 1 aromatic carbocycles. The van der Waals surface area contributed by atoms with Crippen LogP contribution >= 0.6 is 0 Å². The lowest BCUT2D eigenvalue weighted by Crippen LogP contribution is -2.45. The number of carbonyl (C=O) groups is 2. The molecule has 2 atom stereocenters. The number of anilines is 1. The van der Waals surface area contributed by atoms with Crippen LogP contribution in [0.4, 0.5) is 5.69 Å². The van der Waals surface area contributed by atoms with E-state index in [9.17, 15) is 9.59 Å². The van der Waals surface area contributed by atoms with Gasteiger partial charge in [-0.25, -0.2) is 0 Å². The molecule has 2 amide bonds. The summed E-state index contributed by atoms with van der Waals surface area (Å²) in [6, 6.07) is 13.0. The number of nitrogens with zero attached hydrogens (tertiary/aromatic N) is 5. The zero-order valence-electron chi connectivity index (χ0n) is 22.4. The molecule has 7 nitrogen and oxygen atoms in total. The van der Waals surface area contributed by atoms with Crippen molar-refractivity contribution in [2.45, 2.75) is 70.6 Å². The average molecular weight is 504 g/mol. The third-order valence-electron chi connectivity index (χ3n) is 8.65. The Bertz CT molecular complexity index is 1070. The second-order valence-electron chi connectivity index (χ2n) is 11.2. The molecular weight excluding hydrogens is 462 g/mol. The van der Waals surface area contributed by atoms with Gasteiger partial charge >= 0.3 is 0 Å². The van der Waals surface area contributed by atoms with Gasteiger partial charge in [-0.15, -0.1) is 0 Å². The molecule has 1 aromatic heterocycles. The fourth-order valence-electron chi connectivity index (χ4n) is 6.47. The van der Waals surface area contributed by atoms with E-state index in [2.05, 4.69) is 38.9 Å². The number of benzene rings is 1. The molecule has 0 spiro atoms. The van der Waals surface area contributed by atoms with Crippen molar-refractivity contribution in [2.75, 3.05) is 38.1 Å². The SMILES string of the molecule is CC(=O)N1CCC2CCC(CN(C(=O)CC3CCN(C)CC3)Cc3ccccc31)N2Cc1cccnc1. The average Bonchev–Trinajstić information content (AvgIpc) is 3.25. The number of para-hydroxylation sites is 1. The van der Waals surface area contributed by atoms with Crippen LogP contribution in [0.25, 0.3) is 0 Å². The molecule has 4 heterocycles. The summed E-state index contributed by atoms with van der Waals surface area (Å²) < 4.78 is 0. The molecule has 2 unspecified atom stereocenters. The highest BCUT2D eigenvalue weighted by molar-refractivity contribution is 5.92. The number of aromatic nitrogens is 1. The summed E-state index contributed by atoms with van der Waals surface area (Å²) in [5, 5.41) is 0. The third kappa shape index (κ3) is 6.21. The number of rotatable bonds is 4. The minimum atomic E-state index is 0.0595. The fourth-order valence-corrected chi connectivity index (χ4v) is 6.47. The van der Waals surface area contributed by atoms with Crippen LogP contribution in [0.3, 0.4) is 0 Å². The van der Waals surface area contributed by atoms with Crippen LogP contribution in [0.1, 0.15) is 56.6 Å². The molecule has 37 heavy (non-hydrogen) atoms. The second kappa shape index (κ2) is 11.7. The Hall–Kier alpha value is -2.77. The van der Waals surface area contributed by atoms with Gasteiger partial charge in [-0.05, 0) is 81.4 Å². The largest absolute Gasteiger partial charge is 0.337 e. The zero-order valence-corrected chi connectivity index (χ0v) is 22.4. The number of likely N-dealkylation sites (tertiary alicyclic amines) is 1. The lowest BCUT2D eigenvalue weighted by atomic mass is 9.93. The van der Waals surface area contributed by atoms with E-state index in [0.29, 0.717) is 37.5 Å². The fraction of sp³-hybridized carbons (Fsp3) is 0.567. The number of hydrogen-bond donors (Lipinski definition) is 0. The van der Waals surface area contributed by atoms with Crippen LogP contribution in [-0.2, 0) is 22.7 Å². The predicted molar refractivity (Wildman–Crippen MR) is 146 cm³/mol. The normalized spacial score (nSPS) is 23.9. The first-order valence-corrected chi connectivity index (χ1v) is 13.9. The van der Waals surface area contributed by atoms with Crippen LogP contribution < -0.4 is 4.90 Å². The minimum absolute atomic E-state index is 0.0595. The summed E-state index contributed by atoms with van der Waals surface area (Å²) in [5.41, 5.74) is 3.21. The van der Waals surface area contributed by atoms with E-state index in [1.165, 1.54) is 5.56 Å². The Kier molecular flexibility index (Phi) is 8.20. The maximum Gasteiger partial charge on any atom is 0.223 e. The van der Waals surface area contributed by atoms with Gasteiger partial charge < -0.3 is 14.7 Å². The highest BCUT2D eigenvalue weighted by Gasteiger charge is 2.37. The Morgan fingerprint density at radius 1 is 0.946 bits per heavy atom. The summed E-state index contributed by atoms with van der Waals surface area (Å²) in [4.78, 5) is 40.0. The summed E-state index contributed by atoms with van der Waals surface area (Å²) in [6.45, 7) is 6.59. The smallest absolute Gasteiger partial charge is 0.223 e. The van der Waals surface area contributed by atoms with E-state index in [0.717, 1.165) is 69.5 Å². The molecular formula is C30H41N5O2. The Morgan fingerprint density at radius 3 is 2.49 bits per heavy atom. The highest BCUT2D eigenvalue weighted by Crippen LogP contribution is 2.33. The van der Waals surface area contributed by atoms with Crippen LogP contribution in [-0.4, -0.2) is 76.8 Å². The van der Waals surface area contributed by atoms with E-state index in [1.807, 2.05) is 41.6 Å². The summed E-state index contributed by atoms with van der Waals surface area (Å²) in [5.74, 6) is 0.765. The molecule has 0 radical (unpaired) electrons. The molecule has 5 rings (SSSR count). The molecule has 2 bridgehead atoms. The quantitative estimate of drug-likeness (QED) is 0.633. The molecule has 0 N–H and O–H groups in total. The molecule has 0 aliphatic carbocycles. The van der Waals surface area contributed by atoms with Gasteiger partial charge in [-0.2, -0.15) is 0 Å². The zero-order chi connectivity index (χ0) is 25.8. The van der Waals surface area contributed by atoms with Gasteiger partial charge in [-0.3, -0.25) is 19.5 Å². The van der Waals surface area contributed by atoms with Crippen molar-refractivity contribution < 1.29 is 9.59 Å². The molecule has 3 aliphatic rings. The number of fused-ring (bicyclic) bond motifs is 3. The van der Waals surface area contributed by atoms with Gasteiger partial charge in [0.25, 0.3) is 0 Å². The predicted octanol–water partition coefficient (Wildman–Crippen LogP) is 3.93. The molecule has 0 saturated carbocycles. The van der Waals surface area contributed by atoms with Crippen molar-refractivity contribution in [1.29, 1.82) is 0 Å². The number of hydrogen-bond acceptors (Lipinski definition) is 5. The molecule has 198 valence electrons. The molecule has 2 fully saturated rings. The van der Waals surface area contributed by atoms with E-state index in [-0.39, 0.29) is 11.8 Å². The number of carbonyl (C=O) groups excluding carboxylic acids is 2. The van der Waals surface area contributed by atoms with Crippen LogP contribution in [0.15, 0.2) is 48.8 Å². The minimum Gasteiger partial charge on any atom is -0.337 e. The first-order valence-electron chi connectivity index (χ1n) is 13.9. The number of pyridine rings is 1. The standard InChI is InChI=1S/C30H41N5O2/c1-23(36)34-17-13-27-9-10-28(35(27)20-25-6-5-14-31-19-25)22-33(21-26-7-3-4-8-29(26)34)30(37)18-24-11-15-32(2)16-12-24/h3-8,14,19,24,27-28H,9-13,15-18,20-22H2,1-2H3. The molecule has 2 saturated heterocycles. The maximum absolute atomic E-state index is 13.9. The van der Waals surface area contributed by atoms with Gasteiger partial charge in [-0.1, -0.05) is 24.3 Å². The Balaban J connectivity index is 1.44. The van der Waals surface area contributed by atoms with E-state index in [4.69, 9.17) is 0 Å². The van der Waals surface area contributed by atoms with Gasteiger partial charge in [0.05, 0.1) is 0 Å². The molecule has 3 aliphatic heterocycles. The third-order valence-corrected chi connectivity index (χ3v) is 8.65. The van der Waals surface area contributed by atoms with E-state index in [1.54, 1.807) is 6.92 Å². The van der Waals surface area contributed by atoms with Crippen molar-refractivity contribution in [3.05, 3.63) is 59.9 Å². The molecule has 7 heteroatoms. The summed E-state index contributed by atoms with van der Waals surface area (Å²) >= 11 is 0. The van der Waals surface area contributed by atoms with Crippen molar-refractivity contribution in [2.24, 2.45) is 5.92 Å². The Labute approximate surface area is 221 Å². The topological polar surface area (TPSA) is 60.0 Å². The second-order valence-corrected chi connectivity index (χ2v) is 11.2. The first kappa shape index (κ1) is 25.9. The van der Waals surface area contributed by atoms with Crippen LogP contribution in [0.5, 0.6) is 0 Å². The van der Waals surface area contributed by atoms with Gasteiger partial charge in [0.2, 0.25) is 11.8 Å². The first-order chi connectivity index (χ1) is 18.0. The van der Waals surface area contributed by atoms with Crippen LogP contribution in [0.2, 0.25) is 0 Å². The van der Waals surface area contributed by atoms with Crippen molar-refractivity contribution >= 4 is 17.5 Å². The monoisotopic (exact) mass is 503 g/mol. The van der Waals surface area contributed by atoms with E-state index >= 15 is 0 Å². The molecule has 2 aromatic rings. The highest BCUT2D eigenvalue weighted by atomic mass is 16.2. The van der Waals surface area contributed by atoms with Crippen molar-refractivity contribution in [3.63, 3.8) is 0 Å². The summed E-state index contributed by atoms with van der Waals surface area (Å²) in [7, 11) is 2.16. The van der Waals surface area contributed by atoms with Crippen molar-refractivity contribution in [3.8, 4) is 0 Å². The van der Waals surface area contributed by atoms with Gasteiger partial charge in [0.15, 0.2) is 0 Å².